The normalized spacial score (nSPS) is 26.6. The Bertz CT molecular complexity index is 891. The van der Waals surface area contributed by atoms with Crippen LogP contribution in [0.25, 0.3) is 10.8 Å². The van der Waals surface area contributed by atoms with Crippen LogP contribution in [0.5, 0.6) is 5.75 Å². The largest absolute Gasteiger partial charge is 0.573 e. The maximum Gasteiger partial charge on any atom is 0.573 e. The second-order valence-electron chi connectivity index (χ2n) is 9.64. The third-order valence-corrected chi connectivity index (χ3v) is 7.55. The number of unbranched alkanes of at least 4 members (excludes halogenated alkanes) is 2. The summed E-state index contributed by atoms with van der Waals surface area (Å²) in [5.74, 6) is 1.22. The molecule has 31 heavy (non-hydrogen) atoms. The molecule has 0 aliphatic heterocycles. The number of alkyl halides is 3. The van der Waals surface area contributed by atoms with Gasteiger partial charge in [-0.2, -0.15) is 0 Å². The number of fused-ring (bicyclic) bond motifs is 2. The van der Waals surface area contributed by atoms with Gasteiger partial charge in [-0.3, -0.25) is 0 Å². The van der Waals surface area contributed by atoms with Crippen molar-refractivity contribution < 1.29 is 22.3 Å². The highest BCUT2D eigenvalue weighted by Gasteiger charge is 2.36. The quantitative estimate of drug-likeness (QED) is 0.325. The molecule has 2 aromatic rings. The molecule has 2 fully saturated rings. The van der Waals surface area contributed by atoms with Gasteiger partial charge in [0.05, 0.1) is 0 Å². The summed E-state index contributed by atoms with van der Waals surface area (Å²) in [6.45, 7) is 2.26. The molecule has 0 heterocycles. The summed E-state index contributed by atoms with van der Waals surface area (Å²) in [6.07, 6.45) is 8.11. The molecule has 1 nitrogen and oxygen atoms in total. The first kappa shape index (κ1) is 22.4. The molecule has 0 bridgehead atoms. The lowest BCUT2D eigenvalue weighted by Gasteiger charge is -2.42. The van der Waals surface area contributed by atoms with Gasteiger partial charge in [0.25, 0.3) is 0 Å². The van der Waals surface area contributed by atoms with Crippen molar-refractivity contribution in [2.24, 2.45) is 17.8 Å². The summed E-state index contributed by atoms with van der Waals surface area (Å²) in [7, 11) is 0. The van der Waals surface area contributed by atoms with Crippen LogP contribution in [0.2, 0.25) is 0 Å². The lowest BCUT2D eigenvalue weighted by atomic mass is 9.63. The van der Waals surface area contributed by atoms with Crippen LogP contribution in [0.15, 0.2) is 30.3 Å². The highest BCUT2D eigenvalue weighted by molar-refractivity contribution is 5.85. The number of hydrogen-bond donors (Lipinski definition) is 0. The second kappa shape index (κ2) is 9.38. The van der Waals surface area contributed by atoms with Crippen LogP contribution in [-0.2, 0) is 0 Å². The standard InChI is InChI=1S/C26H32F4O/c1-2-3-4-5-17-6-7-19-13-20(9-8-18(19)12-17)21-10-11-22-16-25(31-26(28,29)30)24(27)15-23(22)14-21/h10-11,14-20H,2-9,12-13H2,1H3. The average molecular weight is 437 g/mol. The molecule has 0 spiro atoms. The van der Waals surface area contributed by atoms with Gasteiger partial charge in [0.1, 0.15) is 0 Å². The second-order valence-corrected chi connectivity index (χ2v) is 9.64. The van der Waals surface area contributed by atoms with E-state index in [-0.39, 0.29) is 0 Å². The van der Waals surface area contributed by atoms with Crippen molar-refractivity contribution in [3.63, 3.8) is 0 Å². The van der Waals surface area contributed by atoms with Gasteiger partial charge in [-0.1, -0.05) is 57.2 Å². The van der Waals surface area contributed by atoms with Crippen LogP contribution in [0, 0.1) is 23.6 Å². The van der Waals surface area contributed by atoms with E-state index in [9.17, 15) is 17.6 Å². The van der Waals surface area contributed by atoms with E-state index in [1.807, 2.05) is 12.1 Å². The summed E-state index contributed by atoms with van der Waals surface area (Å²) < 4.78 is 55.4. The van der Waals surface area contributed by atoms with Crippen molar-refractivity contribution in [2.45, 2.75) is 83.4 Å². The third kappa shape index (κ3) is 5.53. The molecular formula is C26H32F4O. The molecular weight excluding hydrogens is 404 g/mol. The lowest BCUT2D eigenvalue weighted by molar-refractivity contribution is -0.275. The molecule has 4 unspecified atom stereocenters. The first-order valence-corrected chi connectivity index (χ1v) is 11.8. The maximum atomic E-state index is 14.2. The summed E-state index contributed by atoms with van der Waals surface area (Å²) in [6, 6.07) is 8.05. The van der Waals surface area contributed by atoms with E-state index in [1.54, 1.807) is 6.07 Å². The van der Waals surface area contributed by atoms with Crippen molar-refractivity contribution in [1.29, 1.82) is 0 Å². The summed E-state index contributed by atoms with van der Waals surface area (Å²) >= 11 is 0. The van der Waals surface area contributed by atoms with Crippen molar-refractivity contribution in [3.05, 3.63) is 41.7 Å². The zero-order valence-corrected chi connectivity index (χ0v) is 18.2. The van der Waals surface area contributed by atoms with Crippen molar-refractivity contribution in [3.8, 4) is 5.75 Å². The van der Waals surface area contributed by atoms with Gasteiger partial charge in [0.15, 0.2) is 11.6 Å². The molecule has 5 heteroatoms. The van der Waals surface area contributed by atoms with E-state index < -0.39 is 17.9 Å². The number of rotatable bonds is 6. The molecule has 2 aliphatic carbocycles. The lowest BCUT2D eigenvalue weighted by Crippen LogP contribution is -2.30. The van der Waals surface area contributed by atoms with Crippen LogP contribution in [0.3, 0.4) is 0 Å². The van der Waals surface area contributed by atoms with Crippen LogP contribution < -0.4 is 4.74 Å². The summed E-state index contributed by atoms with van der Waals surface area (Å²) in [4.78, 5) is 0. The zero-order chi connectivity index (χ0) is 22.0. The van der Waals surface area contributed by atoms with Gasteiger partial charge >= 0.3 is 6.36 Å². The van der Waals surface area contributed by atoms with E-state index in [1.165, 1.54) is 63.4 Å². The number of benzene rings is 2. The maximum absolute atomic E-state index is 14.2. The zero-order valence-electron chi connectivity index (χ0n) is 18.2. The fraction of sp³-hybridized carbons (Fsp3) is 0.615. The molecule has 0 radical (unpaired) electrons. The fourth-order valence-electron chi connectivity index (χ4n) is 5.96. The van der Waals surface area contributed by atoms with Gasteiger partial charge in [0, 0.05) is 0 Å². The summed E-state index contributed by atoms with van der Waals surface area (Å²) in [5, 5.41) is 1.19. The SMILES string of the molecule is CCCCCC1CCC2CC(c3ccc4cc(OC(F)(F)F)c(F)cc4c3)CCC2C1. The molecule has 2 aliphatic rings. The number of ether oxygens (including phenoxy) is 1. The highest BCUT2D eigenvalue weighted by Crippen LogP contribution is 2.48. The van der Waals surface area contributed by atoms with E-state index in [4.69, 9.17) is 0 Å². The fourth-order valence-corrected chi connectivity index (χ4v) is 5.96. The molecule has 0 aromatic heterocycles. The first-order valence-electron chi connectivity index (χ1n) is 11.8. The number of halogens is 4. The van der Waals surface area contributed by atoms with Crippen molar-refractivity contribution in [1.82, 2.24) is 0 Å². The Morgan fingerprint density at radius 2 is 1.68 bits per heavy atom. The van der Waals surface area contributed by atoms with E-state index in [0.29, 0.717) is 16.7 Å². The highest BCUT2D eigenvalue weighted by atomic mass is 19.4. The predicted molar refractivity (Wildman–Crippen MR) is 116 cm³/mol. The van der Waals surface area contributed by atoms with Gasteiger partial charge in [0.2, 0.25) is 0 Å². The Morgan fingerprint density at radius 3 is 2.45 bits per heavy atom. The van der Waals surface area contributed by atoms with Gasteiger partial charge < -0.3 is 4.74 Å². The molecule has 4 rings (SSSR count). The van der Waals surface area contributed by atoms with E-state index in [0.717, 1.165) is 36.3 Å². The average Bonchev–Trinajstić information content (AvgIpc) is 2.73. The monoisotopic (exact) mass is 436 g/mol. The van der Waals surface area contributed by atoms with Gasteiger partial charge in [-0.25, -0.2) is 4.39 Å². The molecule has 4 atom stereocenters. The van der Waals surface area contributed by atoms with E-state index >= 15 is 0 Å². The molecule has 0 saturated heterocycles. The Balaban J connectivity index is 1.42. The Labute approximate surface area is 182 Å². The Morgan fingerprint density at radius 1 is 0.903 bits per heavy atom. The smallest absolute Gasteiger partial charge is 0.403 e. The van der Waals surface area contributed by atoms with Crippen molar-refractivity contribution in [2.75, 3.05) is 0 Å². The van der Waals surface area contributed by atoms with Crippen LogP contribution in [-0.4, -0.2) is 6.36 Å². The molecule has 2 aromatic carbocycles. The van der Waals surface area contributed by atoms with Gasteiger partial charge in [-0.15, -0.1) is 13.2 Å². The van der Waals surface area contributed by atoms with E-state index in [2.05, 4.69) is 11.7 Å². The molecule has 0 N–H and O–H groups in total. The van der Waals surface area contributed by atoms with Crippen LogP contribution in [0.1, 0.15) is 82.6 Å². The number of hydrogen-bond acceptors (Lipinski definition) is 1. The van der Waals surface area contributed by atoms with Crippen LogP contribution >= 0.6 is 0 Å². The minimum Gasteiger partial charge on any atom is -0.403 e. The molecule has 2 saturated carbocycles. The Hall–Kier alpha value is -1.78. The first-order chi connectivity index (χ1) is 14.8. The van der Waals surface area contributed by atoms with Crippen LogP contribution in [0.4, 0.5) is 17.6 Å². The minimum atomic E-state index is -4.90. The molecule has 0 amide bonds. The van der Waals surface area contributed by atoms with Gasteiger partial charge in [-0.05, 0) is 84.2 Å². The minimum absolute atomic E-state index is 0.455. The van der Waals surface area contributed by atoms with Crippen molar-refractivity contribution >= 4 is 10.8 Å². The summed E-state index contributed by atoms with van der Waals surface area (Å²) in [5.41, 5.74) is 1.18. The Kier molecular flexibility index (Phi) is 6.78. The molecule has 170 valence electrons. The predicted octanol–water partition coefficient (Wildman–Crippen LogP) is 8.76. The topological polar surface area (TPSA) is 9.23 Å². The third-order valence-electron chi connectivity index (χ3n) is 7.55.